The molecule has 0 aliphatic heterocycles. The van der Waals surface area contributed by atoms with Gasteiger partial charge >= 0.3 is 0 Å². The minimum Gasteiger partial charge on any atom is -0.484 e. The summed E-state index contributed by atoms with van der Waals surface area (Å²) in [7, 11) is 0. The largest absolute Gasteiger partial charge is 0.484 e. The van der Waals surface area contributed by atoms with E-state index >= 15 is 0 Å². The number of nitrogens with zero attached hydrogens (tertiary/aromatic N) is 2. The summed E-state index contributed by atoms with van der Waals surface area (Å²) in [6.07, 6.45) is 0. The molecular weight excluding hydrogens is 401 g/mol. The molecule has 0 bridgehead atoms. The van der Waals surface area contributed by atoms with Gasteiger partial charge < -0.3 is 10.1 Å². The summed E-state index contributed by atoms with van der Waals surface area (Å²) in [6.45, 7) is 1.65. The molecule has 0 aliphatic rings. The zero-order chi connectivity index (χ0) is 16.1. The smallest absolute Gasteiger partial charge is 0.269 e. The number of nitro benzene ring substituents is 1. The second-order valence-corrected chi connectivity index (χ2v) is 5.51. The fourth-order valence-corrected chi connectivity index (χ4v) is 1.91. The zero-order valence-corrected chi connectivity index (χ0v) is 13.7. The van der Waals surface area contributed by atoms with Gasteiger partial charge in [-0.25, -0.2) is 4.98 Å². The second-order valence-electron chi connectivity index (χ2n) is 4.35. The van der Waals surface area contributed by atoms with Crippen LogP contribution in [0.5, 0.6) is 5.75 Å². The van der Waals surface area contributed by atoms with Gasteiger partial charge in [-0.05, 0) is 53.8 Å². The van der Waals surface area contributed by atoms with Crippen LogP contribution in [0, 0.1) is 20.6 Å². The fourth-order valence-electron chi connectivity index (χ4n) is 1.61. The maximum absolute atomic E-state index is 11.8. The topological polar surface area (TPSA) is 94.4 Å². The molecule has 0 unspecified atom stereocenters. The number of carbonyl (C=O) groups is 1. The number of halogens is 1. The van der Waals surface area contributed by atoms with Gasteiger partial charge in [0.25, 0.3) is 11.6 Å². The Balaban J connectivity index is 1.89. The van der Waals surface area contributed by atoms with Crippen molar-refractivity contribution < 1.29 is 14.5 Å². The first-order valence-corrected chi connectivity index (χ1v) is 7.34. The van der Waals surface area contributed by atoms with Crippen molar-refractivity contribution in [1.82, 2.24) is 4.98 Å². The quantitative estimate of drug-likeness (QED) is 0.462. The molecule has 114 valence electrons. The maximum Gasteiger partial charge on any atom is 0.269 e. The van der Waals surface area contributed by atoms with Gasteiger partial charge in [0.05, 0.1) is 10.6 Å². The molecule has 0 spiro atoms. The number of nitro groups is 1. The number of pyridine rings is 1. The van der Waals surface area contributed by atoms with Crippen molar-refractivity contribution >= 4 is 40.0 Å². The maximum atomic E-state index is 11.8. The Kier molecular flexibility index (Phi) is 5.26. The summed E-state index contributed by atoms with van der Waals surface area (Å²) >= 11 is 2.16. The highest BCUT2D eigenvalue weighted by atomic mass is 127. The van der Waals surface area contributed by atoms with Gasteiger partial charge in [-0.15, -0.1) is 0 Å². The van der Waals surface area contributed by atoms with Crippen molar-refractivity contribution in [1.29, 1.82) is 0 Å². The number of ether oxygens (including phenoxy) is 1. The van der Waals surface area contributed by atoms with Crippen LogP contribution in [0.25, 0.3) is 0 Å². The molecule has 1 N–H and O–H groups in total. The minimum absolute atomic E-state index is 0.0321. The lowest BCUT2D eigenvalue weighted by Gasteiger charge is -2.08. The van der Waals surface area contributed by atoms with Crippen molar-refractivity contribution in [3.63, 3.8) is 0 Å². The highest BCUT2D eigenvalue weighted by Gasteiger charge is 2.08. The second kappa shape index (κ2) is 7.16. The number of amides is 1. The van der Waals surface area contributed by atoms with E-state index in [4.69, 9.17) is 4.74 Å². The Morgan fingerprint density at radius 3 is 2.59 bits per heavy atom. The average Bonchev–Trinajstić information content (AvgIpc) is 2.49. The Morgan fingerprint density at radius 1 is 1.32 bits per heavy atom. The molecule has 0 saturated heterocycles. The first-order valence-electron chi connectivity index (χ1n) is 6.26. The zero-order valence-electron chi connectivity index (χ0n) is 11.6. The Morgan fingerprint density at radius 2 is 2.00 bits per heavy atom. The van der Waals surface area contributed by atoms with E-state index < -0.39 is 4.92 Å². The average molecular weight is 413 g/mol. The molecule has 1 heterocycles. The number of benzene rings is 1. The van der Waals surface area contributed by atoms with Crippen molar-refractivity contribution in [2.24, 2.45) is 0 Å². The van der Waals surface area contributed by atoms with Crippen LogP contribution in [0.15, 0.2) is 36.4 Å². The summed E-state index contributed by atoms with van der Waals surface area (Å²) in [5, 5.41) is 13.1. The molecule has 0 radical (unpaired) electrons. The number of non-ortho nitro benzene ring substituents is 1. The van der Waals surface area contributed by atoms with E-state index in [1.54, 1.807) is 6.07 Å². The summed E-state index contributed by atoms with van der Waals surface area (Å²) in [4.78, 5) is 26.0. The molecule has 8 heteroatoms. The normalized spacial score (nSPS) is 10.1. The number of aryl methyl sites for hydroxylation is 1. The molecule has 1 aromatic heterocycles. The summed E-state index contributed by atoms with van der Waals surface area (Å²) in [5.41, 5.74) is 0.796. The Bertz CT molecular complexity index is 704. The predicted octanol–water partition coefficient (Wildman–Crippen LogP) is 2.92. The van der Waals surface area contributed by atoms with Crippen LogP contribution in [-0.4, -0.2) is 22.4 Å². The van der Waals surface area contributed by atoms with E-state index in [0.29, 0.717) is 11.6 Å². The van der Waals surface area contributed by atoms with Crippen molar-refractivity contribution in [3.05, 3.63) is 55.8 Å². The van der Waals surface area contributed by atoms with Crippen LogP contribution in [0.3, 0.4) is 0 Å². The van der Waals surface area contributed by atoms with Crippen LogP contribution >= 0.6 is 22.6 Å². The predicted molar refractivity (Wildman–Crippen MR) is 88.9 cm³/mol. The Labute approximate surface area is 140 Å². The standard InChI is InChI=1S/C14H12IN3O4/c1-9-12(15)6-7-13(16-9)17-14(19)8-22-11-4-2-10(3-5-11)18(20)21/h2-7H,8H2,1H3,(H,16,17,19). The van der Waals surface area contributed by atoms with Gasteiger partial charge in [0.1, 0.15) is 11.6 Å². The van der Waals surface area contributed by atoms with E-state index in [0.717, 1.165) is 9.26 Å². The molecule has 2 aromatic rings. The lowest BCUT2D eigenvalue weighted by atomic mass is 10.3. The first-order chi connectivity index (χ1) is 10.5. The van der Waals surface area contributed by atoms with Crippen molar-refractivity contribution in [2.75, 3.05) is 11.9 Å². The van der Waals surface area contributed by atoms with Crippen LogP contribution in [0.1, 0.15) is 5.69 Å². The van der Waals surface area contributed by atoms with Gasteiger partial charge in [-0.3, -0.25) is 14.9 Å². The number of anilines is 1. The lowest BCUT2D eigenvalue weighted by molar-refractivity contribution is -0.384. The van der Waals surface area contributed by atoms with Crippen molar-refractivity contribution in [3.8, 4) is 5.75 Å². The third-order valence-electron chi connectivity index (χ3n) is 2.71. The van der Waals surface area contributed by atoms with E-state index in [2.05, 4.69) is 32.9 Å². The van der Waals surface area contributed by atoms with Crippen LogP contribution < -0.4 is 10.1 Å². The molecule has 22 heavy (non-hydrogen) atoms. The highest BCUT2D eigenvalue weighted by Crippen LogP contribution is 2.17. The summed E-state index contributed by atoms with van der Waals surface area (Å²) in [5.74, 6) is 0.481. The third-order valence-corrected chi connectivity index (χ3v) is 3.85. The van der Waals surface area contributed by atoms with E-state index in [9.17, 15) is 14.9 Å². The van der Waals surface area contributed by atoms with Gasteiger partial charge in [0.15, 0.2) is 6.61 Å². The summed E-state index contributed by atoms with van der Waals surface area (Å²) in [6, 6.07) is 9.08. The number of hydrogen-bond donors (Lipinski definition) is 1. The van der Waals surface area contributed by atoms with E-state index in [-0.39, 0.29) is 18.2 Å². The number of hydrogen-bond acceptors (Lipinski definition) is 5. The number of aromatic nitrogens is 1. The molecule has 0 saturated carbocycles. The highest BCUT2D eigenvalue weighted by molar-refractivity contribution is 14.1. The molecule has 0 fully saturated rings. The summed E-state index contributed by atoms with van der Waals surface area (Å²) < 4.78 is 6.28. The van der Waals surface area contributed by atoms with Crippen LogP contribution in [-0.2, 0) is 4.79 Å². The first kappa shape index (κ1) is 16.1. The molecule has 7 nitrogen and oxygen atoms in total. The molecule has 2 rings (SSSR count). The molecule has 0 atom stereocenters. The van der Waals surface area contributed by atoms with Gasteiger partial charge in [0.2, 0.25) is 0 Å². The number of rotatable bonds is 5. The molecule has 1 aromatic carbocycles. The minimum atomic E-state index is -0.499. The van der Waals surface area contributed by atoms with Crippen LogP contribution in [0.4, 0.5) is 11.5 Å². The van der Waals surface area contributed by atoms with E-state index in [1.165, 1.54) is 24.3 Å². The fraction of sp³-hybridized carbons (Fsp3) is 0.143. The number of carbonyl (C=O) groups excluding carboxylic acids is 1. The molecule has 1 amide bonds. The van der Waals surface area contributed by atoms with Crippen molar-refractivity contribution in [2.45, 2.75) is 6.92 Å². The SMILES string of the molecule is Cc1nc(NC(=O)COc2ccc([N+](=O)[O-])cc2)ccc1I. The number of nitrogens with one attached hydrogen (secondary N) is 1. The van der Waals surface area contributed by atoms with Gasteiger partial charge in [-0.2, -0.15) is 0 Å². The Hall–Kier alpha value is -2.23. The monoisotopic (exact) mass is 413 g/mol. The van der Waals surface area contributed by atoms with Crippen LogP contribution in [0.2, 0.25) is 0 Å². The molecular formula is C14H12IN3O4. The molecule has 0 aliphatic carbocycles. The van der Waals surface area contributed by atoms with E-state index in [1.807, 2.05) is 13.0 Å². The third kappa shape index (κ3) is 4.38. The van der Waals surface area contributed by atoms with Gasteiger partial charge in [-0.1, -0.05) is 0 Å². The van der Waals surface area contributed by atoms with Gasteiger partial charge in [0, 0.05) is 15.7 Å². The lowest BCUT2D eigenvalue weighted by Crippen LogP contribution is -2.21.